The summed E-state index contributed by atoms with van der Waals surface area (Å²) in [7, 11) is -3.90. The van der Waals surface area contributed by atoms with Gasteiger partial charge in [-0.25, -0.2) is 12.8 Å². The van der Waals surface area contributed by atoms with Crippen molar-refractivity contribution in [2.75, 3.05) is 11.1 Å². The lowest BCUT2D eigenvalue weighted by Crippen LogP contribution is -2.23. The van der Waals surface area contributed by atoms with Gasteiger partial charge in [0, 0.05) is 17.8 Å². The minimum atomic E-state index is -3.90. The van der Waals surface area contributed by atoms with Gasteiger partial charge < -0.3 is 5.32 Å². The van der Waals surface area contributed by atoms with Crippen LogP contribution in [0.3, 0.4) is 0 Å². The number of nitro groups is 1. The summed E-state index contributed by atoms with van der Waals surface area (Å²) in [4.78, 5) is 21.5. The van der Waals surface area contributed by atoms with Gasteiger partial charge in [0.05, 0.1) is 9.82 Å². The first-order valence-electron chi connectivity index (χ1n) is 6.30. The molecule has 0 radical (unpaired) electrons. The van der Waals surface area contributed by atoms with Crippen molar-refractivity contribution in [2.45, 2.75) is 4.90 Å². The van der Waals surface area contributed by atoms with Crippen molar-refractivity contribution in [3.63, 3.8) is 0 Å². The summed E-state index contributed by atoms with van der Waals surface area (Å²) < 4.78 is 36.8. The van der Waals surface area contributed by atoms with Crippen molar-refractivity contribution in [2.24, 2.45) is 0 Å². The van der Waals surface area contributed by atoms with E-state index >= 15 is 0 Å². The Morgan fingerprint density at radius 3 is 2.17 bits per heavy atom. The molecule has 2 aromatic carbocycles. The zero-order valence-corrected chi connectivity index (χ0v) is 12.4. The van der Waals surface area contributed by atoms with Gasteiger partial charge in [0.25, 0.3) is 5.69 Å². The van der Waals surface area contributed by atoms with E-state index in [1.54, 1.807) is 0 Å². The summed E-state index contributed by atoms with van der Waals surface area (Å²) in [5.41, 5.74) is 0.0804. The number of nitrogens with one attached hydrogen (secondary N) is 1. The van der Waals surface area contributed by atoms with Crippen molar-refractivity contribution in [3.8, 4) is 0 Å². The molecule has 2 rings (SSSR count). The monoisotopic (exact) mass is 338 g/mol. The van der Waals surface area contributed by atoms with Crippen molar-refractivity contribution >= 4 is 27.1 Å². The molecule has 0 bridgehead atoms. The van der Waals surface area contributed by atoms with Gasteiger partial charge in [-0.15, -0.1) is 0 Å². The zero-order valence-electron chi connectivity index (χ0n) is 11.6. The van der Waals surface area contributed by atoms with Crippen molar-refractivity contribution in [1.29, 1.82) is 0 Å². The van der Waals surface area contributed by atoms with E-state index in [1.807, 2.05) is 0 Å². The fraction of sp³-hybridized carbons (Fsp3) is 0.0714. The Balaban J connectivity index is 2.06. The highest BCUT2D eigenvalue weighted by atomic mass is 32.2. The molecule has 0 atom stereocenters. The largest absolute Gasteiger partial charge is 0.325 e. The van der Waals surface area contributed by atoms with Crippen LogP contribution in [0.4, 0.5) is 15.8 Å². The molecule has 0 saturated heterocycles. The topological polar surface area (TPSA) is 106 Å². The number of nitro benzene ring substituents is 1. The lowest BCUT2D eigenvalue weighted by Gasteiger charge is -2.06. The normalized spacial score (nSPS) is 11.0. The number of halogens is 1. The second-order valence-electron chi connectivity index (χ2n) is 4.57. The molecule has 0 aromatic heterocycles. The molecule has 9 heteroatoms. The van der Waals surface area contributed by atoms with Crippen LogP contribution in [0, 0.1) is 15.9 Å². The minimum absolute atomic E-state index is 0.151. The number of hydrogen-bond acceptors (Lipinski definition) is 5. The van der Waals surface area contributed by atoms with E-state index < -0.39 is 32.2 Å². The number of amides is 1. The minimum Gasteiger partial charge on any atom is -0.325 e. The summed E-state index contributed by atoms with van der Waals surface area (Å²) in [6.07, 6.45) is 0. The quantitative estimate of drug-likeness (QED) is 0.511. The number of anilines is 1. The predicted molar refractivity (Wildman–Crippen MR) is 80.2 cm³/mol. The van der Waals surface area contributed by atoms with E-state index in [2.05, 4.69) is 5.32 Å². The Labute approximate surface area is 130 Å². The number of carbonyl (C=O) groups excluding carboxylic acids is 1. The Hall–Kier alpha value is -2.81. The average molecular weight is 338 g/mol. The number of carbonyl (C=O) groups is 1. The maximum Gasteiger partial charge on any atom is 0.269 e. The molecule has 0 spiro atoms. The first-order chi connectivity index (χ1) is 10.8. The molecule has 120 valence electrons. The molecule has 23 heavy (non-hydrogen) atoms. The lowest BCUT2D eigenvalue weighted by atomic mass is 10.3. The highest BCUT2D eigenvalue weighted by Gasteiger charge is 2.19. The van der Waals surface area contributed by atoms with E-state index in [-0.39, 0.29) is 16.3 Å². The van der Waals surface area contributed by atoms with Crippen LogP contribution in [0.15, 0.2) is 53.4 Å². The van der Waals surface area contributed by atoms with Crippen LogP contribution in [0.2, 0.25) is 0 Å². The molecule has 1 N–H and O–H groups in total. The second kappa shape index (κ2) is 6.53. The lowest BCUT2D eigenvalue weighted by molar-refractivity contribution is -0.384. The van der Waals surface area contributed by atoms with Crippen LogP contribution < -0.4 is 5.32 Å². The summed E-state index contributed by atoms with van der Waals surface area (Å²) in [6, 6.07) is 9.07. The maximum absolute atomic E-state index is 12.8. The van der Waals surface area contributed by atoms with Gasteiger partial charge in [-0.05, 0) is 36.4 Å². The summed E-state index contributed by atoms with van der Waals surface area (Å²) in [5, 5.41) is 12.8. The van der Waals surface area contributed by atoms with Gasteiger partial charge in [0.15, 0.2) is 9.84 Å². The van der Waals surface area contributed by atoms with Crippen molar-refractivity contribution < 1.29 is 22.5 Å². The molecule has 1 amide bonds. The number of benzene rings is 2. The number of hydrogen-bond donors (Lipinski definition) is 1. The van der Waals surface area contributed by atoms with Gasteiger partial charge in [0.1, 0.15) is 11.6 Å². The number of nitrogens with zero attached hydrogens (tertiary/aromatic N) is 1. The summed E-state index contributed by atoms with van der Waals surface area (Å²) in [5.74, 6) is -2.21. The van der Waals surface area contributed by atoms with Crippen LogP contribution in [0.1, 0.15) is 0 Å². The summed E-state index contributed by atoms with van der Waals surface area (Å²) >= 11 is 0. The molecule has 0 aliphatic rings. The third-order valence-electron chi connectivity index (χ3n) is 2.86. The number of non-ortho nitro benzene ring substituents is 1. The molecule has 0 unspecified atom stereocenters. The Morgan fingerprint density at radius 1 is 1.09 bits per heavy atom. The summed E-state index contributed by atoms with van der Waals surface area (Å²) in [6.45, 7) is 0. The highest BCUT2D eigenvalue weighted by molar-refractivity contribution is 7.92. The third kappa shape index (κ3) is 4.33. The molecule has 0 fully saturated rings. The standard InChI is InChI=1S/C14H11FN2O5S/c15-10-1-7-13(8-2-10)23(21,22)9-14(18)16-11-3-5-12(6-4-11)17(19)20/h1-8H,9H2,(H,16,18). The van der Waals surface area contributed by atoms with Gasteiger partial charge in [0.2, 0.25) is 5.91 Å². The number of rotatable bonds is 5. The zero-order chi connectivity index (χ0) is 17.0. The van der Waals surface area contributed by atoms with Crippen LogP contribution in [0.25, 0.3) is 0 Å². The molecule has 2 aromatic rings. The first kappa shape index (κ1) is 16.6. The fourth-order valence-corrected chi connectivity index (χ4v) is 2.90. The molecule has 0 saturated carbocycles. The van der Waals surface area contributed by atoms with E-state index in [0.717, 1.165) is 24.3 Å². The van der Waals surface area contributed by atoms with Crippen LogP contribution in [-0.4, -0.2) is 25.0 Å². The highest BCUT2D eigenvalue weighted by Crippen LogP contribution is 2.16. The first-order valence-corrected chi connectivity index (χ1v) is 7.96. The van der Waals surface area contributed by atoms with Gasteiger partial charge in [-0.3, -0.25) is 14.9 Å². The Bertz CT molecular complexity index is 832. The molecule has 0 aliphatic carbocycles. The van der Waals surface area contributed by atoms with E-state index in [1.165, 1.54) is 24.3 Å². The number of sulfone groups is 1. The van der Waals surface area contributed by atoms with Gasteiger partial charge >= 0.3 is 0 Å². The smallest absolute Gasteiger partial charge is 0.269 e. The SMILES string of the molecule is O=C(CS(=O)(=O)c1ccc(F)cc1)Nc1ccc([N+](=O)[O-])cc1. The average Bonchev–Trinajstić information content (AvgIpc) is 2.47. The van der Waals surface area contributed by atoms with E-state index in [0.29, 0.717) is 0 Å². The van der Waals surface area contributed by atoms with Crippen LogP contribution in [0.5, 0.6) is 0 Å². The van der Waals surface area contributed by atoms with Crippen molar-refractivity contribution in [1.82, 2.24) is 0 Å². The van der Waals surface area contributed by atoms with Gasteiger partial charge in [-0.1, -0.05) is 0 Å². The molecular weight excluding hydrogens is 327 g/mol. The molecule has 7 nitrogen and oxygen atoms in total. The maximum atomic E-state index is 12.8. The molecule has 0 aliphatic heterocycles. The molecular formula is C14H11FN2O5S. The fourth-order valence-electron chi connectivity index (χ4n) is 1.76. The van der Waals surface area contributed by atoms with Gasteiger partial charge in [-0.2, -0.15) is 0 Å². The third-order valence-corrected chi connectivity index (χ3v) is 4.49. The van der Waals surface area contributed by atoms with E-state index in [4.69, 9.17) is 0 Å². The molecule has 0 heterocycles. The van der Waals surface area contributed by atoms with E-state index in [9.17, 15) is 27.7 Å². The Morgan fingerprint density at radius 2 is 1.65 bits per heavy atom. The van der Waals surface area contributed by atoms with Crippen LogP contribution in [-0.2, 0) is 14.6 Å². The predicted octanol–water partition coefficient (Wildman–Crippen LogP) is 2.15. The van der Waals surface area contributed by atoms with Crippen LogP contribution >= 0.6 is 0 Å². The Kier molecular flexibility index (Phi) is 4.70. The second-order valence-corrected chi connectivity index (χ2v) is 6.55. The van der Waals surface area contributed by atoms with Crippen molar-refractivity contribution in [3.05, 3.63) is 64.5 Å².